The molecule has 11 heavy (non-hydrogen) atoms. The summed E-state index contributed by atoms with van der Waals surface area (Å²) in [5.74, 6) is 0.670. The number of hydrogen-bond donors (Lipinski definition) is 1. The number of rotatable bonds is 1. The minimum absolute atomic E-state index is 0. The predicted molar refractivity (Wildman–Crippen MR) is 49.6 cm³/mol. The van der Waals surface area contributed by atoms with Crippen molar-refractivity contribution < 1.29 is 0 Å². The van der Waals surface area contributed by atoms with Crippen LogP contribution in [0.5, 0.6) is 0 Å². The van der Waals surface area contributed by atoms with Gasteiger partial charge in [-0.05, 0) is 22.9 Å². The van der Waals surface area contributed by atoms with E-state index in [2.05, 4.69) is 25.9 Å². The lowest BCUT2D eigenvalue weighted by Crippen LogP contribution is -2.08. The van der Waals surface area contributed by atoms with Crippen LogP contribution >= 0.6 is 28.3 Å². The van der Waals surface area contributed by atoms with Crippen LogP contribution in [0.1, 0.15) is 18.8 Å². The quantitative estimate of drug-likeness (QED) is 0.810. The Kier molecular flexibility index (Phi) is 4.56. The fraction of sp³-hybridized carbons (Fsp3) is 0.333. The molecule has 0 saturated heterocycles. The van der Waals surface area contributed by atoms with Crippen molar-refractivity contribution in [3.8, 4) is 0 Å². The second-order valence-electron chi connectivity index (χ2n) is 2.05. The first-order chi connectivity index (χ1) is 4.70. The first-order valence-corrected chi connectivity index (χ1v) is 3.72. The van der Waals surface area contributed by atoms with Gasteiger partial charge in [0.15, 0.2) is 0 Å². The van der Waals surface area contributed by atoms with Crippen molar-refractivity contribution in [3.63, 3.8) is 0 Å². The molecule has 1 heterocycles. The second kappa shape index (κ2) is 4.64. The smallest absolute Gasteiger partial charge is 0.144 e. The highest BCUT2D eigenvalue weighted by Crippen LogP contribution is 2.07. The minimum atomic E-state index is -0.0897. The van der Waals surface area contributed by atoms with Gasteiger partial charge < -0.3 is 5.73 Å². The molecule has 0 aliphatic carbocycles. The highest BCUT2D eigenvalue weighted by molar-refractivity contribution is 9.10. The zero-order chi connectivity index (χ0) is 7.56. The van der Waals surface area contributed by atoms with E-state index in [1.165, 1.54) is 0 Å². The molecule has 1 atom stereocenters. The third kappa shape index (κ3) is 3.14. The molecule has 3 nitrogen and oxygen atoms in total. The fourth-order valence-corrected chi connectivity index (χ4v) is 0.762. The maximum atomic E-state index is 5.52. The summed E-state index contributed by atoms with van der Waals surface area (Å²) in [4.78, 5) is 7.99. The first-order valence-electron chi connectivity index (χ1n) is 2.93. The molecule has 0 saturated carbocycles. The Bertz CT molecular complexity index is 212. The molecule has 0 spiro atoms. The normalized spacial score (nSPS) is 11.9. The predicted octanol–water partition coefficient (Wildman–Crippen LogP) is 1.68. The largest absolute Gasteiger partial charge is 0.322 e. The molecule has 0 aromatic carbocycles. The Labute approximate surface area is 80.0 Å². The summed E-state index contributed by atoms with van der Waals surface area (Å²) in [6.45, 7) is 1.85. The first kappa shape index (κ1) is 10.8. The molecule has 5 heteroatoms. The molecular weight excluding hydrogens is 229 g/mol. The number of halogens is 2. The van der Waals surface area contributed by atoms with Crippen LogP contribution in [0, 0.1) is 0 Å². The highest BCUT2D eigenvalue weighted by Gasteiger charge is 1.99. The van der Waals surface area contributed by atoms with Gasteiger partial charge in [-0.2, -0.15) is 0 Å². The number of nitrogens with two attached hydrogens (primary N) is 1. The molecule has 1 unspecified atom stereocenters. The van der Waals surface area contributed by atoms with Gasteiger partial charge in [0, 0.05) is 12.4 Å². The van der Waals surface area contributed by atoms with E-state index < -0.39 is 0 Å². The topological polar surface area (TPSA) is 51.8 Å². The van der Waals surface area contributed by atoms with Crippen LogP contribution in [0.25, 0.3) is 0 Å². The van der Waals surface area contributed by atoms with E-state index in [4.69, 9.17) is 5.73 Å². The molecular formula is C6H9BrClN3. The average Bonchev–Trinajstić information content (AvgIpc) is 1.88. The van der Waals surface area contributed by atoms with Crippen molar-refractivity contribution in [1.82, 2.24) is 9.97 Å². The van der Waals surface area contributed by atoms with Gasteiger partial charge in [0.25, 0.3) is 0 Å². The molecule has 62 valence electrons. The Morgan fingerprint density at radius 3 is 2.27 bits per heavy atom. The number of nitrogens with zero attached hydrogens (tertiary/aromatic N) is 2. The van der Waals surface area contributed by atoms with E-state index in [-0.39, 0.29) is 18.4 Å². The van der Waals surface area contributed by atoms with Crippen LogP contribution in [0.2, 0.25) is 0 Å². The van der Waals surface area contributed by atoms with Crippen molar-refractivity contribution >= 4 is 28.3 Å². The third-order valence-electron chi connectivity index (χ3n) is 1.05. The van der Waals surface area contributed by atoms with Crippen LogP contribution in [-0.2, 0) is 0 Å². The SMILES string of the molecule is CC(N)c1ncc(Br)cn1.Cl. The van der Waals surface area contributed by atoms with Gasteiger partial charge in [-0.3, -0.25) is 0 Å². The van der Waals surface area contributed by atoms with Gasteiger partial charge in [0.2, 0.25) is 0 Å². The molecule has 1 rings (SSSR count). The zero-order valence-corrected chi connectivity index (χ0v) is 8.39. The van der Waals surface area contributed by atoms with E-state index in [1.807, 2.05) is 6.92 Å². The summed E-state index contributed by atoms with van der Waals surface area (Å²) in [6.07, 6.45) is 3.37. The van der Waals surface area contributed by atoms with Crippen LogP contribution in [0.4, 0.5) is 0 Å². The summed E-state index contributed by atoms with van der Waals surface area (Å²) in [5.41, 5.74) is 5.52. The Morgan fingerprint density at radius 2 is 1.91 bits per heavy atom. The summed E-state index contributed by atoms with van der Waals surface area (Å²) >= 11 is 3.23. The summed E-state index contributed by atoms with van der Waals surface area (Å²) in [7, 11) is 0. The van der Waals surface area contributed by atoms with Crippen molar-refractivity contribution in [2.45, 2.75) is 13.0 Å². The average molecular weight is 239 g/mol. The lowest BCUT2D eigenvalue weighted by atomic mass is 10.3. The highest BCUT2D eigenvalue weighted by atomic mass is 79.9. The minimum Gasteiger partial charge on any atom is -0.322 e. The molecule has 2 N–H and O–H groups in total. The van der Waals surface area contributed by atoms with Gasteiger partial charge in [0.05, 0.1) is 10.5 Å². The van der Waals surface area contributed by atoms with Crippen LogP contribution < -0.4 is 5.73 Å². The maximum absolute atomic E-state index is 5.52. The molecule has 0 aliphatic rings. The van der Waals surface area contributed by atoms with Crippen molar-refractivity contribution in [1.29, 1.82) is 0 Å². The summed E-state index contributed by atoms with van der Waals surface area (Å²) < 4.78 is 0.872. The second-order valence-corrected chi connectivity index (χ2v) is 2.96. The van der Waals surface area contributed by atoms with Crippen molar-refractivity contribution in [2.75, 3.05) is 0 Å². The third-order valence-corrected chi connectivity index (χ3v) is 1.46. The standard InChI is InChI=1S/C6H8BrN3.ClH/c1-4(8)6-9-2-5(7)3-10-6;/h2-4H,8H2,1H3;1H. The Hall–Kier alpha value is -0.190. The summed E-state index contributed by atoms with van der Waals surface area (Å²) in [6, 6.07) is -0.0897. The molecule has 0 aliphatic heterocycles. The maximum Gasteiger partial charge on any atom is 0.144 e. The van der Waals surface area contributed by atoms with Gasteiger partial charge in [-0.15, -0.1) is 12.4 Å². The number of aromatic nitrogens is 2. The molecule has 0 bridgehead atoms. The zero-order valence-electron chi connectivity index (χ0n) is 5.99. The van der Waals surface area contributed by atoms with Crippen LogP contribution in [-0.4, -0.2) is 9.97 Å². The Morgan fingerprint density at radius 1 is 1.45 bits per heavy atom. The van der Waals surface area contributed by atoms with Gasteiger partial charge in [-0.1, -0.05) is 0 Å². The van der Waals surface area contributed by atoms with Crippen molar-refractivity contribution in [2.24, 2.45) is 5.73 Å². The van der Waals surface area contributed by atoms with E-state index in [0.29, 0.717) is 5.82 Å². The molecule has 0 radical (unpaired) electrons. The molecule has 0 fully saturated rings. The number of hydrogen-bond acceptors (Lipinski definition) is 3. The molecule has 1 aromatic rings. The van der Waals surface area contributed by atoms with E-state index >= 15 is 0 Å². The lowest BCUT2D eigenvalue weighted by Gasteiger charge is -2.00. The van der Waals surface area contributed by atoms with Gasteiger partial charge in [0.1, 0.15) is 5.82 Å². The molecule has 0 amide bonds. The van der Waals surface area contributed by atoms with Crippen LogP contribution in [0.15, 0.2) is 16.9 Å². The van der Waals surface area contributed by atoms with Crippen molar-refractivity contribution in [3.05, 3.63) is 22.7 Å². The van der Waals surface area contributed by atoms with Crippen LogP contribution in [0.3, 0.4) is 0 Å². The van der Waals surface area contributed by atoms with Gasteiger partial charge >= 0.3 is 0 Å². The van der Waals surface area contributed by atoms with Gasteiger partial charge in [-0.25, -0.2) is 9.97 Å². The molecule has 1 aromatic heterocycles. The summed E-state index contributed by atoms with van der Waals surface area (Å²) in [5, 5.41) is 0. The fourth-order valence-electron chi connectivity index (χ4n) is 0.557. The van der Waals surface area contributed by atoms with E-state index in [1.54, 1.807) is 12.4 Å². The lowest BCUT2D eigenvalue weighted by molar-refractivity contribution is 0.737. The van der Waals surface area contributed by atoms with E-state index in [0.717, 1.165) is 4.47 Å². The van der Waals surface area contributed by atoms with E-state index in [9.17, 15) is 0 Å². The Balaban J connectivity index is 0.000001000. The monoisotopic (exact) mass is 237 g/mol.